The smallest absolute Gasteiger partial charge is 0.168 e. The van der Waals surface area contributed by atoms with E-state index in [1.54, 1.807) is 0 Å². The summed E-state index contributed by atoms with van der Waals surface area (Å²) in [5.41, 5.74) is -0.109. The second-order valence-corrected chi connectivity index (χ2v) is 3.36. The van der Waals surface area contributed by atoms with Gasteiger partial charge in [0.15, 0.2) is 11.6 Å². The highest BCUT2D eigenvalue weighted by molar-refractivity contribution is 5.36. The Morgan fingerprint density at radius 2 is 2.20 bits per heavy atom. The lowest BCUT2D eigenvalue weighted by Crippen LogP contribution is -2.33. The first-order valence-corrected chi connectivity index (χ1v) is 4.69. The molecule has 82 valence electrons. The predicted molar refractivity (Wildman–Crippen MR) is 49.6 cm³/mol. The van der Waals surface area contributed by atoms with Gasteiger partial charge in [-0.2, -0.15) is 0 Å². The Balaban J connectivity index is 2.36. The number of hydrogen-bond acceptors (Lipinski definition) is 3. The van der Waals surface area contributed by atoms with Crippen molar-refractivity contribution in [3.63, 3.8) is 0 Å². The summed E-state index contributed by atoms with van der Waals surface area (Å²) in [5.74, 6) is -2.29. The number of benzene rings is 1. The van der Waals surface area contributed by atoms with E-state index in [-0.39, 0.29) is 11.3 Å². The highest BCUT2D eigenvalue weighted by Gasteiger charge is 2.24. The summed E-state index contributed by atoms with van der Waals surface area (Å²) in [6.07, 6.45) is -0.630. The minimum absolute atomic E-state index is 0.109. The molecule has 5 heteroatoms. The van der Waals surface area contributed by atoms with Gasteiger partial charge in [-0.15, -0.1) is 0 Å². The molecule has 1 aliphatic heterocycles. The number of nitrogens with one attached hydrogen (secondary N) is 1. The number of aromatic hydroxyl groups is 1. The number of morpholine rings is 1. The molecule has 0 radical (unpaired) electrons. The normalized spacial score (nSPS) is 21.6. The van der Waals surface area contributed by atoms with Crippen LogP contribution in [0.3, 0.4) is 0 Å². The summed E-state index contributed by atoms with van der Waals surface area (Å²) in [6, 6.07) is 2.02. The molecule has 2 rings (SSSR count). The number of phenols is 1. The average molecular weight is 215 g/mol. The first kappa shape index (κ1) is 10.3. The third kappa shape index (κ3) is 1.93. The predicted octanol–water partition coefficient (Wildman–Crippen LogP) is 1.33. The molecule has 1 heterocycles. The zero-order chi connectivity index (χ0) is 10.8. The van der Waals surface area contributed by atoms with Crippen molar-refractivity contribution in [1.29, 1.82) is 0 Å². The van der Waals surface area contributed by atoms with Gasteiger partial charge in [-0.05, 0) is 12.1 Å². The fourth-order valence-corrected chi connectivity index (χ4v) is 1.61. The Morgan fingerprint density at radius 1 is 1.40 bits per heavy atom. The average Bonchev–Trinajstić information content (AvgIpc) is 2.26. The van der Waals surface area contributed by atoms with E-state index in [4.69, 9.17) is 4.74 Å². The van der Waals surface area contributed by atoms with Gasteiger partial charge in [0, 0.05) is 13.1 Å². The minimum Gasteiger partial charge on any atom is -0.507 e. The Morgan fingerprint density at radius 3 is 2.87 bits per heavy atom. The topological polar surface area (TPSA) is 41.5 Å². The molecule has 0 saturated carbocycles. The minimum atomic E-state index is -1.04. The first-order valence-electron chi connectivity index (χ1n) is 4.69. The quantitative estimate of drug-likeness (QED) is 0.742. The number of phenolic OH excluding ortho intramolecular Hbond substituents is 1. The highest BCUT2D eigenvalue weighted by atomic mass is 19.2. The van der Waals surface area contributed by atoms with Crippen LogP contribution < -0.4 is 5.32 Å². The van der Waals surface area contributed by atoms with Gasteiger partial charge in [-0.25, -0.2) is 8.78 Å². The highest BCUT2D eigenvalue weighted by Crippen LogP contribution is 2.31. The fraction of sp³-hybridized carbons (Fsp3) is 0.400. The van der Waals surface area contributed by atoms with E-state index >= 15 is 0 Å². The van der Waals surface area contributed by atoms with Crippen LogP contribution in [-0.2, 0) is 4.74 Å². The van der Waals surface area contributed by atoms with Gasteiger partial charge in [0.25, 0.3) is 0 Å². The molecule has 0 spiro atoms. The summed E-state index contributed by atoms with van der Waals surface area (Å²) in [5, 5.41) is 12.4. The first-order chi connectivity index (χ1) is 7.20. The van der Waals surface area contributed by atoms with Gasteiger partial charge in [0.2, 0.25) is 0 Å². The van der Waals surface area contributed by atoms with Crippen LogP contribution in [0.15, 0.2) is 12.1 Å². The Bertz CT molecular complexity index is 365. The van der Waals surface area contributed by atoms with Crippen molar-refractivity contribution in [2.75, 3.05) is 19.7 Å². The molecule has 1 atom stereocenters. The van der Waals surface area contributed by atoms with E-state index in [2.05, 4.69) is 5.32 Å². The van der Waals surface area contributed by atoms with Crippen molar-refractivity contribution in [2.45, 2.75) is 6.10 Å². The van der Waals surface area contributed by atoms with Crippen molar-refractivity contribution in [2.24, 2.45) is 0 Å². The van der Waals surface area contributed by atoms with Gasteiger partial charge in [0.1, 0.15) is 11.9 Å². The van der Waals surface area contributed by atoms with E-state index in [1.165, 1.54) is 0 Å². The Hall–Kier alpha value is -1.20. The van der Waals surface area contributed by atoms with E-state index in [0.29, 0.717) is 19.7 Å². The lowest BCUT2D eigenvalue weighted by atomic mass is 10.1. The molecule has 2 N–H and O–H groups in total. The summed E-state index contributed by atoms with van der Waals surface area (Å²) < 4.78 is 31.6. The van der Waals surface area contributed by atoms with E-state index < -0.39 is 17.7 Å². The summed E-state index contributed by atoms with van der Waals surface area (Å²) in [6.45, 7) is 1.46. The van der Waals surface area contributed by atoms with Crippen LogP contribution in [-0.4, -0.2) is 24.8 Å². The monoisotopic (exact) mass is 215 g/mol. The maximum atomic E-state index is 13.4. The number of ether oxygens (including phenoxy) is 1. The number of rotatable bonds is 1. The lowest BCUT2D eigenvalue weighted by Gasteiger charge is -2.24. The molecule has 0 aromatic heterocycles. The zero-order valence-corrected chi connectivity index (χ0v) is 7.96. The third-order valence-electron chi connectivity index (χ3n) is 2.36. The molecule has 1 saturated heterocycles. The maximum absolute atomic E-state index is 13.4. The molecule has 0 bridgehead atoms. The van der Waals surface area contributed by atoms with Crippen LogP contribution in [0, 0.1) is 11.6 Å². The molecule has 3 nitrogen and oxygen atoms in total. The molecule has 1 aliphatic rings. The largest absolute Gasteiger partial charge is 0.507 e. The standard InChI is InChI=1S/C10H11F2NO2/c11-6-1-2-7(14)9(10(6)12)8-5-13-3-4-15-8/h1-2,8,13-14H,3-5H2. The molecule has 0 amide bonds. The molecular formula is C10H11F2NO2. The van der Waals surface area contributed by atoms with E-state index in [9.17, 15) is 13.9 Å². The Labute approximate surface area is 85.7 Å². The second-order valence-electron chi connectivity index (χ2n) is 3.36. The summed E-state index contributed by atoms with van der Waals surface area (Å²) in [4.78, 5) is 0. The van der Waals surface area contributed by atoms with Crippen LogP contribution in [0.4, 0.5) is 8.78 Å². The zero-order valence-electron chi connectivity index (χ0n) is 7.96. The molecule has 1 unspecified atom stereocenters. The number of hydrogen-bond donors (Lipinski definition) is 2. The number of halogens is 2. The lowest BCUT2D eigenvalue weighted by molar-refractivity contribution is 0.0236. The van der Waals surface area contributed by atoms with E-state index in [0.717, 1.165) is 12.1 Å². The van der Waals surface area contributed by atoms with Crippen molar-refractivity contribution in [3.05, 3.63) is 29.3 Å². The van der Waals surface area contributed by atoms with E-state index in [1.807, 2.05) is 0 Å². The van der Waals surface area contributed by atoms with Gasteiger partial charge >= 0.3 is 0 Å². The van der Waals surface area contributed by atoms with Crippen LogP contribution in [0.2, 0.25) is 0 Å². The van der Waals surface area contributed by atoms with Gasteiger partial charge in [-0.1, -0.05) is 0 Å². The molecule has 0 aliphatic carbocycles. The van der Waals surface area contributed by atoms with Crippen molar-refractivity contribution in [1.82, 2.24) is 5.32 Å². The van der Waals surface area contributed by atoms with Crippen LogP contribution in [0.1, 0.15) is 11.7 Å². The molecule has 15 heavy (non-hydrogen) atoms. The second kappa shape index (κ2) is 4.12. The summed E-state index contributed by atoms with van der Waals surface area (Å²) >= 11 is 0. The molecule has 1 aromatic carbocycles. The SMILES string of the molecule is Oc1ccc(F)c(F)c1C1CNCCO1. The molecular weight excluding hydrogens is 204 g/mol. The van der Waals surface area contributed by atoms with Crippen LogP contribution in [0.5, 0.6) is 5.75 Å². The van der Waals surface area contributed by atoms with Gasteiger partial charge < -0.3 is 15.2 Å². The van der Waals surface area contributed by atoms with Crippen molar-refractivity contribution >= 4 is 0 Å². The van der Waals surface area contributed by atoms with Gasteiger partial charge in [0.05, 0.1) is 12.2 Å². The van der Waals surface area contributed by atoms with Crippen molar-refractivity contribution < 1.29 is 18.6 Å². The fourth-order valence-electron chi connectivity index (χ4n) is 1.61. The third-order valence-corrected chi connectivity index (χ3v) is 2.36. The Kier molecular flexibility index (Phi) is 2.83. The van der Waals surface area contributed by atoms with Gasteiger partial charge in [-0.3, -0.25) is 0 Å². The van der Waals surface area contributed by atoms with Crippen LogP contribution >= 0.6 is 0 Å². The van der Waals surface area contributed by atoms with Crippen LogP contribution in [0.25, 0.3) is 0 Å². The van der Waals surface area contributed by atoms with Crippen molar-refractivity contribution in [3.8, 4) is 5.75 Å². The maximum Gasteiger partial charge on any atom is 0.168 e. The summed E-state index contributed by atoms with van der Waals surface area (Å²) in [7, 11) is 0. The molecule has 1 aromatic rings. The molecule has 1 fully saturated rings.